The zero-order valence-electron chi connectivity index (χ0n) is 17.7. The van der Waals surface area contributed by atoms with Gasteiger partial charge in [0.2, 0.25) is 5.16 Å². The van der Waals surface area contributed by atoms with Gasteiger partial charge in [0.15, 0.2) is 6.10 Å². The molecule has 7 N–H and O–H groups in total. The maximum Gasteiger partial charge on any atom is 0.352 e. The normalized spacial score (nSPS) is 21.1. The Bertz CT molecular complexity index is 1210. The molecule has 1 aromatic carbocycles. The minimum Gasteiger partial charge on any atom is -0.481 e. The summed E-state index contributed by atoms with van der Waals surface area (Å²) in [4.78, 5) is 50.1. The van der Waals surface area contributed by atoms with Crippen molar-refractivity contribution in [2.45, 2.75) is 34.3 Å². The fourth-order valence-electron chi connectivity index (χ4n) is 3.73. The lowest BCUT2D eigenvalue weighted by Crippen LogP contribution is -2.71. The molecule has 0 radical (unpaired) electrons. The van der Waals surface area contributed by atoms with Gasteiger partial charge in [-0.3, -0.25) is 19.3 Å². The van der Waals surface area contributed by atoms with Crippen molar-refractivity contribution in [3.05, 3.63) is 41.1 Å². The number of hydrogen-bond donors (Lipinski definition) is 6. The molecule has 0 saturated carbocycles. The van der Waals surface area contributed by atoms with Crippen LogP contribution in [0.15, 0.2) is 40.7 Å². The Morgan fingerprint density at radius 2 is 2.11 bits per heavy atom. The molecule has 3 heterocycles. The molecule has 2 amide bonds. The highest BCUT2D eigenvalue weighted by molar-refractivity contribution is 8.01. The molecule has 1 aromatic heterocycles. The lowest BCUT2D eigenvalue weighted by molar-refractivity contribution is -0.151. The standard InChI is InChI=1S/C19H19N7O7S2/c20-8-3-1-2-7(4-8)14(29)15(30)21-12-16(31)26-13(18(32)33)9(6-34-17(12)26)10(5-11(27)28)35-19-22-24-25-23-19/h1-4,10,12,14,17,29H,5-6,20H2,(H,21,30)(H,27,28)(H,32,33)(H,22,23,24,25)/t10?,12?,14?,17-/m0/s1. The van der Waals surface area contributed by atoms with Gasteiger partial charge in [-0.2, -0.15) is 5.21 Å². The number of amides is 2. The average Bonchev–Trinajstić information content (AvgIpc) is 3.33. The summed E-state index contributed by atoms with van der Waals surface area (Å²) in [6.45, 7) is 0. The largest absolute Gasteiger partial charge is 0.481 e. The monoisotopic (exact) mass is 521 g/mol. The first kappa shape index (κ1) is 24.5. The van der Waals surface area contributed by atoms with Gasteiger partial charge in [-0.15, -0.1) is 22.0 Å². The van der Waals surface area contributed by atoms with E-state index in [1.165, 1.54) is 23.9 Å². The summed E-state index contributed by atoms with van der Waals surface area (Å²) in [5.74, 6) is -4.03. The number of carbonyl (C=O) groups excluding carboxylic acids is 2. The first-order valence-corrected chi connectivity index (χ1v) is 12.0. The zero-order valence-corrected chi connectivity index (χ0v) is 19.3. The number of hydrogen-bond acceptors (Lipinski definition) is 11. The molecule has 4 rings (SSSR count). The molecular formula is C19H19N7O7S2. The van der Waals surface area contributed by atoms with Crippen LogP contribution in [0.5, 0.6) is 0 Å². The Balaban J connectivity index is 1.55. The predicted octanol–water partition coefficient (Wildman–Crippen LogP) is -0.810. The van der Waals surface area contributed by atoms with E-state index < -0.39 is 52.9 Å². The Kier molecular flexibility index (Phi) is 6.95. The number of H-pyrrole nitrogens is 1. The Hall–Kier alpha value is -3.63. The average molecular weight is 522 g/mol. The van der Waals surface area contributed by atoms with E-state index in [4.69, 9.17) is 5.73 Å². The number of nitrogens with two attached hydrogens (primary N) is 1. The van der Waals surface area contributed by atoms with E-state index >= 15 is 0 Å². The van der Waals surface area contributed by atoms with Gasteiger partial charge in [0, 0.05) is 16.7 Å². The van der Waals surface area contributed by atoms with E-state index in [2.05, 4.69) is 25.9 Å². The molecule has 14 nitrogen and oxygen atoms in total. The summed E-state index contributed by atoms with van der Waals surface area (Å²) in [5.41, 5.74) is 6.14. The van der Waals surface area contributed by atoms with Crippen LogP contribution in [0.2, 0.25) is 0 Å². The molecule has 0 bridgehead atoms. The van der Waals surface area contributed by atoms with Crippen LogP contribution in [0.3, 0.4) is 0 Å². The molecule has 16 heteroatoms. The second kappa shape index (κ2) is 9.93. The van der Waals surface area contributed by atoms with Gasteiger partial charge in [-0.1, -0.05) is 23.9 Å². The number of nitrogen functional groups attached to an aromatic ring is 1. The number of aromatic amines is 1. The minimum atomic E-state index is -1.58. The number of tetrazole rings is 1. The number of aliphatic hydroxyl groups is 1. The molecule has 0 aliphatic carbocycles. The third-order valence-electron chi connectivity index (χ3n) is 5.30. The second-order valence-corrected chi connectivity index (χ2v) is 9.82. The van der Waals surface area contributed by atoms with Crippen LogP contribution in [0, 0.1) is 0 Å². The number of aliphatic carboxylic acids is 2. The number of benzene rings is 1. The predicted molar refractivity (Wildman–Crippen MR) is 122 cm³/mol. The smallest absolute Gasteiger partial charge is 0.352 e. The van der Waals surface area contributed by atoms with Gasteiger partial charge in [-0.05, 0) is 28.5 Å². The number of anilines is 1. The van der Waals surface area contributed by atoms with Gasteiger partial charge < -0.3 is 26.4 Å². The van der Waals surface area contributed by atoms with Crippen molar-refractivity contribution < 1.29 is 34.5 Å². The van der Waals surface area contributed by atoms with Crippen LogP contribution in [-0.4, -0.2) is 87.0 Å². The maximum absolute atomic E-state index is 12.9. The molecule has 1 fully saturated rings. The number of rotatable bonds is 9. The molecule has 3 unspecified atom stereocenters. The lowest BCUT2D eigenvalue weighted by atomic mass is 9.99. The van der Waals surface area contributed by atoms with Crippen molar-refractivity contribution >= 4 is 53.0 Å². The van der Waals surface area contributed by atoms with Gasteiger partial charge in [-0.25, -0.2) is 4.79 Å². The summed E-state index contributed by atoms with van der Waals surface area (Å²) >= 11 is 2.08. The van der Waals surface area contributed by atoms with Crippen LogP contribution in [0.1, 0.15) is 18.1 Å². The van der Waals surface area contributed by atoms with E-state index in [1.807, 2.05) is 0 Å². The van der Waals surface area contributed by atoms with Crippen molar-refractivity contribution in [3.63, 3.8) is 0 Å². The Morgan fingerprint density at radius 3 is 2.74 bits per heavy atom. The molecule has 2 aliphatic heterocycles. The number of carboxylic acids is 2. The quantitative estimate of drug-likeness (QED) is 0.135. The number of nitrogens with zero attached hydrogens (tertiary/aromatic N) is 4. The van der Waals surface area contributed by atoms with Gasteiger partial charge >= 0.3 is 11.9 Å². The van der Waals surface area contributed by atoms with Crippen LogP contribution in [0.4, 0.5) is 5.69 Å². The van der Waals surface area contributed by atoms with Crippen LogP contribution < -0.4 is 11.1 Å². The molecule has 0 spiro atoms. The summed E-state index contributed by atoms with van der Waals surface area (Å²) in [6.07, 6.45) is -2.02. The fraction of sp³-hybridized carbons (Fsp3) is 0.316. The van der Waals surface area contributed by atoms with Crippen LogP contribution in [0.25, 0.3) is 0 Å². The summed E-state index contributed by atoms with van der Waals surface area (Å²) < 4.78 is 0. The van der Waals surface area contributed by atoms with Gasteiger partial charge in [0.1, 0.15) is 17.1 Å². The van der Waals surface area contributed by atoms with Crippen molar-refractivity contribution in [3.8, 4) is 0 Å². The minimum absolute atomic E-state index is 0.0863. The van der Waals surface area contributed by atoms with Crippen LogP contribution in [-0.2, 0) is 19.2 Å². The first-order chi connectivity index (χ1) is 16.7. The zero-order chi connectivity index (χ0) is 25.3. The Labute approximate surface area is 205 Å². The summed E-state index contributed by atoms with van der Waals surface area (Å²) in [5, 5.41) is 43.7. The number of aliphatic hydroxyl groups excluding tert-OH is 1. The highest BCUT2D eigenvalue weighted by atomic mass is 32.2. The highest BCUT2D eigenvalue weighted by Crippen LogP contribution is 2.44. The topological polar surface area (TPSA) is 225 Å². The fourth-order valence-corrected chi connectivity index (χ4v) is 6.25. The molecule has 2 aromatic rings. The van der Waals surface area contributed by atoms with E-state index in [0.717, 1.165) is 16.7 Å². The van der Waals surface area contributed by atoms with E-state index in [1.54, 1.807) is 12.1 Å². The summed E-state index contributed by atoms with van der Waals surface area (Å²) in [7, 11) is 0. The van der Waals surface area contributed by atoms with Gasteiger partial charge in [0.05, 0.1) is 6.42 Å². The molecule has 1 saturated heterocycles. The molecular weight excluding hydrogens is 502 g/mol. The van der Waals surface area contributed by atoms with Crippen molar-refractivity contribution in [2.24, 2.45) is 0 Å². The third-order valence-corrected chi connectivity index (χ3v) is 7.72. The van der Waals surface area contributed by atoms with Crippen molar-refractivity contribution in [2.75, 3.05) is 11.5 Å². The number of thioether (sulfide) groups is 2. The highest BCUT2D eigenvalue weighted by Gasteiger charge is 2.55. The number of aromatic nitrogens is 4. The number of fused-ring (bicyclic) bond motifs is 1. The van der Waals surface area contributed by atoms with E-state index in [-0.39, 0.29) is 27.7 Å². The van der Waals surface area contributed by atoms with Gasteiger partial charge in [0.25, 0.3) is 11.8 Å². The number of carboxylic acid groups (broad SMARTS) is 2. The third kappa shape index (κ3) is 4.94. The SMILES string of the molecule is Nc1cccc(C(O)C(=O)NC2C(=O)N3C(C(=O)O)=C(C(CC(=O)O)Sc4nn[nH]n4)CS[C@@H]23)c1. The van der Waals surface area contributed by atoms with Crippen molar-refractivity contribution in [1.82, 2.24) is 30.8 Å². The first-order valence-electron chi connectivity index (χ1n) is 10.0. The molecule has 4 atom stereocenters. The second-order valence-electron chi connectivity index (χ2n) is 7.55. The van der Waals surface area contributed by atoms with E-state index in [0.29, 0.717) is 5.69 Å². The number of carbonyl (C=O) groups is 4. The van der Waals surface area contributed by atoms with Crippen molar-refractivity contribution in [1.29, 1.82) is 0 Å². The number of nitrogens with one attached hydrogen (secondary N) is 2. The molecule has 35 heavy (non-hydrogen) atoms. The van der Waals surface area contributed by atoms with E-state index in [9.17, 15) is 34.5 Å². The molecule has 2 aliphatic rings. The lowest BCUT2D eigenvalue weighted by Gasteiger charge is -2.50. The molecule has 184 valence electrons. The number of β-lactam (4-membered cyclic amide) rings is 1. The van der Waals surface area contributed by atoms with Crippen LogP contribution >= 0.6 is 23.5 Å². The maximum atomic E-state index is 12.9. The summed E-state index contributed by atoms with van der Waals surface area (Å²) in [6, 6.07) is 5.02. The Morgan fingerprint density at radius 1 is 1.34 bits per heavy atom.